The number of aryl methyl sites for hydroxylation is 2. The molecule has 23 heavy (non-hydrogen) atoms. The lowest BCUT2D eigenvalue weighted by Gasteiger charge is -2.19. The lowest BCUT2D eigenvalue weighted by atomic mass is 10.0. The van der Waals surface area contributed by atoms with Gasteiger partial charge >= 0.3 is 0 Å². The molecule has 0 bridgehead atoms. The predicted octanol–water partition coefficient (Wildman–Crippen LogP) is 1.36. The Kier molecular flexibility index (Phi) is 3.45. The molecule has 0 aromatic carbocycles. The molecule has 8 heteroatoms. The van der Waals surface area contributed by atoms with E-state index < -0.39 is 0 Å². The van der Waals surface area contributed by atoms with Gasteiger partial charge in [-0.1, -0.05) is 0 Å². The van der Waals surface area contributed by atoms with Crippen molar-refractivity contribution in [3.8, 4) is 0 Å². The van der Waals surface area contributed by atoms with Gasteiger partial charge in [-0.3, -0.25) is 4.40 Å². The Morgan fingerprint density at radius 1 is 1.43 bits per heavy atom. The van der Waals surface area contributed by atoms with Gasteiger partial charge in [0, 0.05) is 44.6 Å². The van der Waals surface area contributed by atoms with Gasteiger partial charge in [-0.15, -0.1) is 10.2 Å². The van der Waals surface area contributed by atoms with Crippen molar-refractivity contribution in [3.63, 3.8) is 0 Å². The van der Waals surface area contributed by atoms with Gasteiger partial charge in [-0.25, -0.2) is 9.97 Å². The minimum absolute atomic E-state index is 0.0282. The monoisotopic (exact) mass is 313 g/mol. The predicted molar refractivity (Wildman–Crippen MR) is 84.0 cm³/mol. The van der Waals surface area contributed by atoms with Crippen molar-refractivity contribution in [2.75, 3.05) is 18.5 Å². The number of nitrogens with one attached hydrogen (secondary N) is 1. The fourth-order valence-corrected chi connectivity index (χ4v) is 3.08. The SMILES string of the molecule is Cc1nc(NC[C@@H]2CCO[C@H]2c2nccn2C)cc2nncn12. The lowest BCUT2D eigenvalue weighted by molar-refractivity contribution is 0.0839. The van der Waals surface area contributed by atoms with Gasteiger partial charge in [0.1, 0.15) is 29.9 Å². The molecule has 0 spiro atoms. The van der Waals surface area contributed by atoms with Crippen molar-refractivity contribution >= 4 is 11.5 Å². The smallest absolute Gasteiger partial charge is 0.165 e. The highest BCUT2D eigenvalue weighted by Crippen LogP contribution is 2.33. The van der Waals surface area contributed by atoms with Crippen LogP contribution < -0.4 is 5.32 Å². The highest BCUT2D eigenvalue weighted by Gasteiger charge is 2.32. The highest BCUT2D eigenvalue weighted by atomic mass is 16.5. The van der Waals surface area contributed by atoms with Crippen molar-refractivity contribution in [3.05, 3.63) is 36.4 Å². The van der Waals surface area contributed by atoms with Crippen LogP contribution in [0.1, 0.15) is 24.2 Å². The van der Waals surface area contributed by atoms with E-state index in [0.29, 0.717) is 5.92 Å². The molecule has 3 aromatic rings. The van der Waals surface area contributed by atoms with Gasteiger partial charge in [0.25, 0.3) is 0 Å². The van der Waals surface area contributed by atoms with E-state index in [-0.39, 0.29) is 6.10 Å². The van der Waals surface area contributed by atoms with E-state index in [1.54, 1.807) is 6.33 Å². The van der Waals surface area contributed by atoms with Crippen LogP contribution in [0.2, 0.25) is 0 Å². The van der Waals surface area contributed by atoms with Crippen LogP contribution in [-0.4, -0.2) is 42.3 Å². The topological polar surface area (TPSA) is 82.2 Å². The van der Waals surface area contributed by atoms with Crippen LogP contribution in [0.5, 0.6) is 0 Å². The Balaban J connectivity index is 1.50. The number of aromatic nitrogens is 6. The maximum absolute atomic E-state index is 5.89. The summed E-state index contributed by atoms with van der Waals surface area (Å²) >= 11 is 0. The van der Waals surface area contributed by atoms with E-state index in [9.17, 15) is 0 Å². The van der Waals surface area contributed by atoms with Crippen molar-refractivity contribution in [1.82, 2.24) is 29.1 Å². The first-order valence-electron chi connectivity index (χ1n) is 7.72. The average Bonchev–Trinajstić information content (AvgIpc) is 3.24. The Hall–Kier alpha value is -2.48. The number of hydrogen-bond acceptors (Lipinski definition) is 6. The molecule has 4 heterocycles. The molecule has 4 rings (SSSR count). The van der Waals surface area contributed by atoms with Gasteiger partial charge in [0.05, 0.1) is 0 Å². The summed E-state index contributed by atoms with van der Waals surface area (Å²) in [7, 11) is 2.00. The summed E-state index contributed by atoms with van der Waals surface area (Å²) in [6, 6.07) is 1.91. The number of nitrogens with zero attached hydrogens (tertiary/aromatic N) is 6. The molecule has 1 saturated heterocycles. The molecule has 0 saturated carbocycles. The zero-order chi connectivity index (χ0) is 15.8. The second-order valence-corrected chi connectivity index (χ2v) is 5.87. The molecule has 1 aliphatic heterocycles. The van der Waals surface area contributed by atoms with Crippen LogP contribution in [0.3, 0.4) is 0 Å². The van der Waals surface area contributed by atoms with Crippen molar-refractivity contribution < 1.29 is 4.74 Å². The van der Waals surface area contributed by atoms with E-state index in [0.717, 1.165) is 42.7 Å². The Morgan fingerprint density at radius 2 is 2.35 bits per heavy atom. The number of imidazole rings is 1. The van der Waals surface area contributed by atoms with Crippen LogP contribution >= 0.6 is 0 Å². The minimum atomic E-state index is 0.0282. The lowest BCUT2D eigenvalue weighted by Crippen LogP contribution is -2.20. The largest absolute Gasteiger partial charge is 0.370 e. The first-order valence-corrected chi connectivity index (χ1v) is 7.72. The second kappa shape index (κ2) is 5.62. The number of anilines is 1. The summed E-state index contributed by atoms with van der Waals surface area (Å²) in [5, 5.41) is 11.4. The summed E-state index contributed by atoms with van der Waals surface area (Å²) in [6.07, 6.45) is 6.47. The summed E-state index contributed by atoms with van der Waals surface area (Å²) in [6.45, 7) is 3.49. The summed E-state index contributed by atoms with van der Waals surface area (Å²) in [4.78, 5) is 8.97. The number of rotatable bonds is 4. The zero-order valence-corrected chi connectivity index (χ0v) is 13.2. The molecule has 1 N–H and O–H groups in total. The molecule has 0 radical (unpaired) electrons. The molecule has 0 unspecified atom stereocenters. The maximum Gasteiger partial charge on any atom is 0.165 e. The van der Waals surface area contributed by atoms with Crippen LogP contribution in [0.25, 0.3) is 5.65 Å². The molecule has 2 atom stereocenters. The van der Waals surface area contributed by atoms with Crippen LogP contribution in [0.4, 0.5) is 5.82 Å². The van der Waals surface area contributed by atoms with Crippen LogP contribution in [0.15, 0.2) is 24.8 Å². The first kappa shape index (κ1) is 14.1. The maximum atomic E-state index is 5.89. The third-order valence-corrected chi connectivity index (χ3v) is 4.34. The fourth-order valence-electron chi connectivity index (χ4n) is 3.08. The Labute approximate surface area is 133 Å². The Bertz CT molecular complexity index is 824. The van der Waals surface area contributed by atoms with E-state index in [1.807, 2.05) is 41.4 Å². The molecular formula is C15H19N7O. The van der Waals surface area contributed by atoms with Crippen molar-refractivity contribution in [1.29, 1.82) is 0 Å². The van der Waals surface area contributed by atoms with Crippen LogP contribution in [0, 0.1) is 12.8 Å². The molecule has 120 valence electrons. The third kappa shape index (κ3) is 2.55. The Morgan fingerprint density at radius 3 is 3.17 bits per heavy atom. The molecule has 0 aliphatic carbocycles. The van der Waals surface area contributed by atoms with Gasteiger partial charge in [-0.2, -0.15) is 0 Å². The molecule has 1 fully saturated rings. The fraction of sp³-hybridized carbons (Fsp3) is 0.467. The molecular weight excluding hydrogens is 294 g/mol. The molecule has 3 aromatic heterocycles. The van der Waals surface area contributed by atoms with E-state index >= 15 is 0 Å². The standard InChI is InChI=1S/C15H19N7O/c1-10-19-12(7-13-20-18-9-22(10)13)17-8-11-3-6-23-14(11)15-16-4-5-21(15)2/h4-5,7,9,11,14,17H,3,6,8H2,1-2H3/t11-,14+/m0/s1. The van der Waals surface area contributed by atoms with E-state index in [2.05, 4.69) is 25.5 Å². The second-order valence-electron chi connectivity index (χ2n) is 5.87. The number of fused-ring (bicyclic) bond motifs is 1. The van der Waals surface area contributed by atoms with E-state index in [4.69, 9.17) is 4.74 Å². The highest BCUT2D eigenvalue weighted by molar-refractivity contribution is 5.49. The minimum Gasteiger partial charge on any atom is -0.370 e. The number of ether oxygens (including phenoxy) is 1. The molecule has 0 amide bonds. The normalized spacial score (nSPS) is 21.1. The third-order valence-electron chi connectivity index (χ3n) is 4.34. The van der Waals surface area contributed by atoms with Gasteiger partial charge in [0.2, 0.25) is 0 Å². The number of hydrogen-bond donors (Lipinski definition) is 1. The van der Waals surface area contributed by atoms with Gasteiger partial charge in [0.15, 0.2) is 5.65 Å². The quantitative estimate of drug-likeness (QED) is 0.783. The summed E-state index contributed by atoms with van der Waals surface area (Å²) in [5.41, 5.74) is 0.795. The molecule has 1 aliphatic rings. The van der Waals surface area contributed by atoms with Gasteiger partial charge in [-0.05, 0) is 13.3 Å². The van der Waals surface area contributed by atoms with Crippen molar-refractivity contribution in [2.45, 2.75) is 19.4 Å². The van der Waals surface area contributed by atoms with Crippen LogP contribution in [-0.2, 0) is 11.8 Å². The average molecular weight is 313 g/mol. The summed E-state index contributed by atoms with van der Waals surface area (Å²) in [5.74, 6) is 3.02. The summed E-state index contributed by atoms with van der Waals surface area (Å²) < 4.78 is 9.77. The zero-order valence-electron chi connectivity index (χ0n) is 13.2. The van der Waals surface area contributed by atoms with E-state index in [1.165, 1.54) is 0 Å². The first-order chi connectivity index (χ1) is 11.2. The van der Waals surface area contributed by atoms with Crippen molar-refractivity contribution in [2.24, 2.45) is 13.0 Å². The van der Waals surface area contributed by atoms with Gasteiger partial charge < -0.3 is 14.6 Å². The molecule has 8 nitrogen and oxygen atoms in total.